The first-order chi connectivity index (χ1) is 7.95. The Hall–Kier alpha value is -1.63. The smallest absolute Gasteiger partial charge is 0.276 e. The number of alkyl halides is 1. The summed E-state index contributed by atoms with van der Waals surface area (Å²) in [7, 11) is 1.43. The highest BCUT2D eigenvalue weighted by Gasteiger charge is 2.20. The van der Waals surface area contributed by atoms with Gasteiger partial charge in [0.2, 0.25) is 5.91 Å². The van der Waals surface area contributed by atoms with Gasteiger partial charge in [-0.25, -0.2) is 0 Å². The van der Waals surface area contributed by atoms with Gasteiger partial charge in [0, 0.05) is 12.0 Å². The van der Waals surface area contributed by atoms with Crippen LogP contribution in [0.25, 0.3) is 0 Å². The maximum Gasteiger partial charge on any atom is 0.276 e. The van der Waals surface area contributed by atoms with Gasteiger partial charge in [0.05, 0.1) is 22.9 Å². The molecule has 0 bridgehead atoms. The first-order valence-corrected chi connectivity index (χ1v) is 5.62. The van der Waals surface area contributed by atoms with Crippen LogP contribution in [0.15, 0.2) is 18.2 Å². The summed E-state index contributed by atoms with van der Waals surface area (Å²) in [6, 6.07) is 4.47. The molecule has 7 heteroatoms. The number of methoxy groups -OCH3 is 1. The van der Waals surface area contributed by atoms with E-state index in [1.807, 2.05) is 0 Å². The van der Waals surface area contributed by atoms with Crippen LogP contribution in [-0.2, 0) is 11.2 Å². The Labute approximate surface area is 106 Å². The topological polar surface area (TPSA) is 95.5 Å². The van der Waals surface area contributed by atoms with Crippen molar-refractivity contribution in [2.24, 2.45) is 5.73 Å². The normalized spacial score (nSPS) is 11.9. The minimum absolute atomic E-state index is 0.0879. The Morgan fingerprint density at radius 3 is 2.76 bits per heavy atom. The molecule has 92 valence electrons. The number of carbonyl (C=O) groups excluding carboxylic acids is 1. The van der Waals surface area contributed by atoms with Crippen LogP contribution in [0.5, 0.6) is 5.75 Å². The van der Waals surface area contributed by atoms with E-state index in [9.17, 15) is 14.9 Å². The molecule has 1 aromatic carbocycles. The summed E-state index contributed by atoms with van der Waals surface area (Å²) in [6.07, 6.45) is 0.162. The quantitative estimate of drug-likeness (QED) is 0.505. The molecule has 1 rings (SSSR count). The van der Waals surface area contributed by atoms with E-state index < -0.39 is 15.7 Å². The molecule has 17 heavy (non-hydrogen) atoms. The summed E-state index contributed by atoms with van der Waals surface area (Å²) in [6.45, 7) is 0. The molecule has 0 aromatic heterocycles. The molecular weight excluding hydrogens is 292 g/mol. The minimum atomic E-state index is -0.630. The average molecular weight is 303 g/mol. The Morgan fingerprint density at radius 1 is 1.65 bits per heavy atom. The number of rotatable bonds is 5. The Kier molecular flexibility index (Phi) is 4.45. The van der Waals surface area contributed by atoms with E-state index in [1.54, 1.807) is 12.1 Å². The molecule has 0 spiro atoms. The van der Waals surface area contributed by atoms with Crippen LogP contribution in [-0.4, -0.2) is 22.8 Å². The van der Waals surface area contributed by atoms with E-state index in [4.69, 9.17) is 10.5 Å². The lowest BCUT2D eigenvalue weighted by Crippen LogP contribution is -2.25. The van der Waals surface area contributed by atoms with Crippen LogP contribution in [0.3, 0.4) is 0 Å². The largest absolute Gasteiger partial charge is 0.497 e. The molecule has 2 N–H and O–H groups in total. The number of carbonyl (C=O) groups is 1. The summed E-state index contributed by atoms with van der Waals surface area (Å²) in [5.74, 6) is -0.166. The van der Waals surface area contributed by atoms with Gasteiger partial charge in [-0.15, -0.1) is 0 Å². The molecular formula is C10H11BrN2O4. The summed E-state index contributed by atoms with van der Waals surface area (Å²) in [4.78, 5) is 20.6. The third kappa shape index (κ3) is 3.42. The zero-order chi connectivity index (χ0) is 13.0. The monoisotopic (exact) mass is 302 g/mol. The van der Waals surface area contributed by atoms with Gasteiger partial charge in [-0.05, 0) is 12.1 Å². The molecule has 0 aliphatic heterocycles. The molecule has 0 heterocycles. The molecule has 1 atom stereocenters. The molecule has 1 amide bonds. The lowest BCUT2D eigenvalue weighted by atomic mass is 10.1. The fourth-order valence-electron chi connectivity index (χ4n) is 1.31. The van der Waals surface area contributed by atoms with Crippen molar-refractivity contribution in [3.63, 3.8) is 0 Å². The van der Waals surface area contributed by atoms with E-state index in [0.29, 0.717) is 11.3 Å². The van der Waals surface area contributed by atoms with Gasteiger partial charge in [-0.2, -0.15) is 0 Å². The van der Waals surface area contributed by atoms with Gasteiger partial charge in [-0.3, -0.25) is 14.9 Å². The number of ether oxygens (including phenoxy) is 1. The number of benzene rings is 1. The number of hydrogen-bond acceptors (Lipinski definition) is 4. The van der Waals surface area contributed by atoms with Crippen molar-refractivity contribution in [2.45, 2.75) is 11.2 Å². The lowest BCUT2D eigenvalue weighted by molar-refractivity contribution is -0.385. The molecule has 0 fully saturated rings. The van der Waals surface area contributed by atoms with E-state index in [0.717, 1.165) is 0 Å². The highest BCUT2D eigenvalue weighted by atomic mass is 79.9. The van der Waals surface area contributed by atoms with E-state index in [2.05, 4.69) is 15.9 Å². The first kappa shape index (κ1) is 13.4. The lowest BCUT2D eigenvalue weighted by Gasteiger charge is -2.07. The molecule has 1 aromatic rings. The SMILES string of the molecule is COc1ccc(CC(Br)C(N)=O)c([N+](=O)[O-])c1. The van der Waals surface area contributed by atoms with Crippen molar-refractivity contribution in [3.8, 4) is 5.75 Å². The summed E-state index contributed by atoms with van der Waals surface area (Å²) in [5, 5.41) is 10.9. The fraction of sp³-hybridized carbons (Fsp3) is 0.300. The van der Waals surface area contributed by atoms with Crippen molar-refractivity contribution < 1.29 is 14.5 Å². The molecule has 6 nitrogen and oxygen atoms in total. The minimum Gasteiger partial charge on any atom is -0.497 e. The third-order valence-corrected chi connectivity index (χ3v) is 2.97. The molecule has 1 unspecified atom stereocenters. The van der Waals surface area contributed by atoms with E-state index in [-0.39, 0.29) is 12.1 Å². The van der Waals surface area contributed by atoms with Crippen molar-refractivity contribution in [1.29, 1.82) is 0 Å². The zero-order valence-electron chi connectivity index (χ0n) is 9.05. The van der Waals surface area contributed by atoms with Crippen LogP contribution >= 0.6 is 15.9 Å². The fourth-order valence-corrected chi connectivity index (χ4v) is 1.66. The highest BCUT2D eigenvalue weighted by molar-refractivity contribution is 9.10. The third-order valence-electron chi connectivity index (χ3n) is 2.20. The van der Waals surface area contributed by atoms with Gasteiger partial charge >= 0.3 is 0 Å². The van der Waals surface area contributed by atoms with Crippen molar-refractivity contribution >= 4 is 27.5 Å². The maximum atomic E-state index is 10.9. The first-order valence-electron chi connectivity index (χ1n) is 4.70. The van der Waals surface area contributed by atoms with Gasteiger partial charge < -0.3 is 10.5 Å². The van der Waals surface area contributed by atoms with Crippen LogP contribution in [0, 0.1) is 10.1 Å². The highest BCUT2D eigenvalue weighted by Crippen LogP contribution is 2.26. The number of nitro benzene ring substituents is 1. The molecule has 0 aliphatic carbocycles. The van der Waals surface area contributed by atoms with Crippen LogP contribution in [0.1, 0.15) is 5.56 Å². The van der Waals surface area contributed by atoms with Gasteiger partial charge in [0.25, 0.3) is 5.69 Å². The molecule has 0 saturated heterocycles. The Balaban J connectivity index is 3.06. The number of nitro groups is 1. The Morgan fingerprint density at radius 2 is 2.29 bits per heavy atom. The second kappa shape index (κ2) is 5.62. The summed E-state index contributed by atoms with van der Waals surface area (Å²) in [5.41, 5.74) is 5.43. The number of hydrogen-bond donors (Lipinski definition) is 1. The predicted molar refractivity (Wildman–Crippen MR) is 65.3 cm³/mol. The van der Waals surface area contributed by atoms with Crippen molar-refractivity contribution in [3.05, 3.63) is 33.9 Å². The predicted octanol–water partition coefficient (Wildman–Crippen LogP) is 1.39. The standard InChI is InChI=1S/C10H11BrN2O4/c1-17-7-3-2-6(4-8(11)10(12)14)9(5-7)13(15)16/h2-3,5,8H,4H2,1H3,(H2,12,14). The number of nitrogens with zero attached hydrogens (tertiary/aromatic N) is 1. The maximum absolute atomic E-state index is 10.9. The molecule has 0 radical (unpaired) electrons. The van der Waals surface area contributed by atoms with Crippen molar-refractivity contribution in [2.75, 3.05) is 7.11 Å². The number of primary amides is 1. The molecule has 0 aliphatic rings. The Bertz CT molecular complexity index is 450. The number of amides is 1. The molecule has 0 saturated carbocycles. The van der Waals surface area contributed by atoms with Gasteiger partial charge in [0.1, 0.15) is 5.75 Å². The zero-order valence-corrected chi connectivity index (χ0v) is 10.6. The van der Waals surface area contributed by atoms with Crippen LogP contribution < -0.4 is 10.5 Å². The van der Waals surface area contributed by atoms with Crippen molar-refractivity contribution in [1.82, 2.24) is 0 Å². The number of halogens is 1. The second-order valence-electron chi connectivity index (χ2n) is 3.33. The average Bonchev–Trinajstić information content (AvgIpc) is 2.29. The summed E-state index contributed by atoms with van der Waals surface area (Å²) >= 11 is 3.07. The number of nitrogens with two attached hydrogens (primary N) is 1. The van der Waals surface area contributed by atoms with Gasteiger partial charge in [-0.1, -0.05) is 15.9 Å². The van der Waals surface area contributed by atoms with Crippen LogP contribution in [0.4, 0.5) is 5.69 Å². The van der Waals surface area contributed by atoms with Crippen LogP contribution in [0.2, 0.25) is 0 Å². The van der Waals surface area contributed by atoms with E-state index in [1.165, 1.54) is 13.2 Å². The summed E-state index contributed by atoms with van der Waals surface area (Å²) < 4.78 is 4.90. The second-order valence-corrected chi connectivity index (χ2v) is 4.43. The van der Waals surface area contributed by atoms with Gasteiger partial charge in [0.15, 0.2) is 0 Å². The van der Waals surface area contributed by atoms with E-state index >= 15 is 0 Å².